The predicted molar refractivity (Wildman–Crippen MR) is 145 cm³/mol. The number of hydrogen-bond acceptors (Lipinski definition) is 7. The zero-order valence-electron chi connectivity index (χ0n) is 20.4. The molecule has 0 spiro atoms. The van der Waals surface area contributed by atoms with Crippen molar-refractivity contribution in [2.24, 2.45) is 0 Å². The Labute approximate surface area is 220 Å². The molecule has 0 bridgehead atoms. The number of anilines is 1. The van der Waals surface area contributed by atoms with E-state index in [2.05, 4.69) is 10.00 Å². The van der Waals surface area contributed by atoms with Gasteiger partial charge in [-0.15, -0.1) is 12.4 Å². The number of ether oxygens (including phenoxy) is 2. The summed E-state index contributed by atoms with van der Waals surface area (Å²) < 4.78 is 13.6. The van der Waals surface area contributed by atoms with Crippen molar-refractivity contribution in [3.8, 4) is 11.4 Å². The van der Waals surface area contributed by atoms with Gasteiger partial charge in [-0.3, -0.25) is 14.6 Å². The molecule has 3 heterocycles. The maximum absolute atomic E-state index is 13.9. The number of thiazole rings is 1. The Balaban J connectivity index is 0.00000304. The first-order chi connectivity index (χ1) is 17.1. The van der Waals surface area contributed by atoms with Gasteiger partial charge in [-0.2, -0.15) is 5.10 Å². The first-order valence-electron chi connectivity index (χ1n) is 11.8. The Morgan fingerprint density at radius 3 is 2.69 bits per heavy atom. The predicted octanol–water partition coefficient (Wildman–Crippen LogP) is 4.59. The fourth-order valence-corrected chi connectivity index (χ4v) is 5.31. The van der Waals surface area contributed by atoms with E-state index >= 15 is 0 Å². The van der Waals surface area contributed by atoms with E-state index in [4.69, 9.17) is 14.5 Å². The molecule has 2 aromatic carbocycles. The van der Waals surface area contributed by atoms with Crippen LogP contribution in [0.3, 0.4) is 0 Å². The van der Waals surface area contributed by atoms with Crippen LogP contribution in [0.2, 0.25) is 0 Å². The van der Waals surface area contributed by atoms with Gasteiger partial charge < -0.3 is 9.47 Å². The lowest BCUT2D eigenvalue weighted by Gasteiger charge is -2.27. The van der Waals surface area contributed by atoms with Crippen LogP contribution < -0.4 is 9.64 Å². The fraction of sp³-hybridized carbons (Fsp3) is 0.346. The Hall–Kier alpha value is -2.98. The van der Waals surface area contributed by atoms with Crippen LogP contribution in [0.4, 0.5) is 5.13 Å². The molecule has 1 saturated heterocycles. The normalized spacial score (nSPS) is 13.9. The van der Waals surface area contributed by atoms with Crippen molar-refractivity contribution in [2.75, 3.05) is 51.4 Å². The first-order valence-corrected chi connectivity index (χ1v) is 12.6. The molecule has 0 unspecified atom stereocenters. The smallest absolute Gasteiger partial charge is 0.263 e. The van der Waals surface area contributed by atoms with Crippen molar-refractivity contribution < 1.29 is 14.3 Å². The van der Waals surface area contributed by atoms with E-state index in [-0.39, 0.29) is 18.3 Å². The Morgan fingerprint density at radius 2 is 1.94 bits per heavy atom. The Kier molecular flexibility index (Phi) is 8.58. The van der Waals surface area contributed by atoms with Gasteiger partial charge in [-0.05, 0) is 43.7 Å². The molecule has 10 heteroatoms. The monoisotopic (exact) mass is 527 g/mol. The molecule has 0 saturated carbocycles. The van der Waals surface area contributed by atoms with Crippen LogP contribution in [0, 0.1) is 6.92 Å². The zero-order chi connectivity index (χ0) is 24.2. The summed E-state index contributed by atoms with van der Waals surface area (Å²) in [5, 5.41) is 5.20. The number of carbonyl (C=O) groups is 1. The topological polar surface area (TPSA) is 72.7 Å². The van der Waals surface area contributed by atoms with Crippen molar-refractivity contribution in [3.63, 3.8) is 0 Å². The number of rotatable bonds is 8. The van der Waals surface area contributed by atoms with E-state index in [1.54, 1.807) is 18.2 Å². The van der Waals surface area contributed by atoms with Crippen LogP contribution in [-0.4, -0.2) is 72.1 Å². The van der Waals surface area contributed by atoms with E-state index in [9.17, 15) is 4.79 Å². The summed E-state index contributed by atoms with van der Waals surface area (Å²) in [5.41, 5.74) is 3.17. The maximum Gasteiger partial charge on any atom is 0.263 e. The molecular weight excluding hydrogens is 498 g/mol. The molecule has 8 nitrogen and oxygen atoms in total. The maximum atomic E-state index is 13.9. The van der Waals surface area contributed by atoms with E-state index in [0.717, 1.165) is 66.6 Å². The second kappa shape index (κ2) is 11.8. The molecular formula is C26H30ClN5O3S. The molecule has 4 aromatic rings. The van der Waals surface area contributed by atoms with Gasteiger partial charge in [0.25, 0.3) is 5.91 Å². The highest BCUT2D eigenvalue weighted by Crippen LogP contribution is 2.32. The zero-order valence-corrected chi connectivity index (χ0v) is 22.1. The second-order valence-corrected chi connectivity index (χ2v) is 9.49. The molecule has 5 rings (SSSR count). The highest BCUT2D eigenvalue weighted by molar-refractivity contribution is 7.22. The Bertz CT molecular complexity index is 1300. The number of methoxy groups -OCH3 is 1. The van der Waals surface area contributed by atoms with Crippen LogP contribution in [0.25, 0.3) is 15.9 Å². The molecule has 1 aliphatic rings. The summed E-state index contributed by atoms with van der Waals surface area (Å²) in [5.74, 6) is 0.690. The number of carbonyl (C=O) groups excluding carboxylic acids is 1. The number of hydrogen-bond donors (Lipinski definition) is 0. The van der Waals surface area contributed by atoms with Gasteiger partial charge in [0, 0.05) is 26.2 Å². The lowest BCUT2D eigenvalue weighted by Crippen LogP contribution is -2.39. The van der Waals surface area contributed by atoms with Gasteiger partial charge in [-0.25, -0.2) is 9.67 Å². The number of para-hydroxylation sites is 1. The minimum Gasteiger partial charge on any atom is -0.497 e. The molecule has 190 valence electrons. The minimum absolute atomic E-state index is 0. The number of amides is 1. The SMILES string of the molecule is COc1ccc2nc(N(CCCN3CCOCC3)C(=O)c3cnn(-c4ccccc4)c3C)sc2c1.Cl. The van der Waals surface area contributed by atoms with Gasteiger partial charge in [0.1, 0.15) is 5.75 Å². The van der Waals surface area contributed by atoms with Crippen molar-refractivity contribution in [1.82, 2.24) is 19.7 Å². The van der Waals surface area contributed by atoms with Crippen LogP contribution in [0.5, 0.6) is 5.75 Å². The molecule has 1 fully saturated rings. The van der Waals surface area contributed by atoms with Gasteiger partial charge in [0.15, 0.2) is 5.13 Å². The third-order valence-electron chi connectivity index (χ3n) is 6.26. The van der Waals surface area contributed by atoms with Crippen molar-refractivity contribution in [1.29, 1.82) is 0 Å². The van der Waals surface area contributed by atoms with E-state index < -0.39 is 0 Å². The summed E-state index contributed by atoms with van der Waals surface area (Å²) in [6.45, 7) is 6.80. The van der Waals surface area contributed by atoms with Gasteiger partial charge in [-0.1, -0.05) is 29.5 Å². The van der Waals surface area contributed by atoms with E-state index in [1.165, 1.54) is 11.3 Å². The molecule has 0 radical (unpaired) electrons. The summed E-state index contributed by atoms with van der Waals surface area (Å²) >= 11 is 1.51. The largest absolute Gasteiger partial charge is 0.497 e. The van der Waals surface area contributed by atoms with Crippen LogP contribution in [0.1, 0.15) is 22.5 Å². The molecule has 1 aliphatic heterocycles. The van der Waals surface area contributed by atoms with E-state index in [1.807, 2.05) is 60.1 Å². The molecule has 36 heavy (non-hydrogen) atoms. The third kappa shape index (κ3) is 5.54. The third-order valence-corrected chi connectivity index (χ3v) is 7.30. The summed E-state index contributed by atoms with van der Waals surface area (Å²) in [4.78, 5) is 22.9. The Morgan fingerprint density at radius 1 is 1.17 bits per heavy atom. The highest BCUT2D eigenvalue weighted by Gasteiger charge is 2.25. The molecule has 0 N–H and O–H groups in total. The average Bonchev–Trinajstić information content (AvgIpc) is 3.50. The quantitative estimate of drug-likeness (QED) is 0.334. The molecule has 0 aliphatic carbocycles. The van der Waals surface area contributed by atoms with Gasteiger partial charge in [0.2, 0.25) is 0 Å². The number of morpholine rings is 1. The van der Waals surface area contributed by atoms with Crippen LogP contribution >= 0.6 is 23.7 Å². The number of fused-ring (bicyclic) bond motifs is 1. The average molecular weight is 528 g/mol. The number of aromatic nitrogens is 3. The van der Waals surface area contributed by atoms with Crippen LogP contribution in [0.15, 0.2) is 54.7 Å². The minimum atomic E-state index is -0.0855. The van der Waals surface area contributed by atoms with E-state index in [0.29, 0.717) is 17.2 Å². The molecule has 2 aromatic heterocycles. The van der Waals surface area contributed by atoms with Crippen molar-refractivity contribution >= 4 is 45.0 Å². The molecule has 1 amide bonds. The van der Waals surface area contributed by atoms with Crippen LogP contribution in [-0.2, 0) is 4.74 Å². The number of halogens is 1. The summed E-state index contributed by atoms with van der Waals surface area (Å²) in [7, 11) is 1.65. The van der Waals surface area contributed by atoms with Crippen molar-refractivity contribution in [3.05, 3.63) is 66.0 Å². The number of benzene rings is 2. The first kappa shape index (κ1) is 26.1. The standard InChI is InChI=1S/C26H29N5O3S.ClH/c1-19-22(18-27-31(19)20-7-4-3-5-8-20)25(32)30(12-6-11-29-13-15-34-16-14-29)26-28-23-10-9-21(33-2)17-24(23)35-26;/h3-5,7-10,17-18H,6,11-16H2,1-2H3;1H. The summed E-state index contributed by atoms with van der Waals surface area (Å²) in [6, 6.07) is 15.6. The lowest BCUT2D eigenvalue weighted by molar-refractivity contribution is 0.0376. The fourth-order valence-electron chi connectivity index (χ4n) is 4.29. The highest BCUT2D eigenvalue weighted by atomic mass is 35.5. The summed E-state index contributed by atoms with van der Waals surface area (Å²) in [6.07, 6.45) is 2.51. The van der Waals surface area contributed by atoms with Gasteiger partial charge >= 0.3 is 0 Å². The van der Waals surface area contributed by atoms with Crippen molar-refractivity contribution in [2.45, 2.75) is 13.3 Å². The second-order valence-electron chi connectivity index (χ2n) is 8.49. The molecule has 0 atom stereocenters. The lowest BCUT2D eigenvalue weighted by atomic mass is 10.2. The van der Waals surface area contributed by atoms with Gasteiger partial charge in [0.05, 0.1) is 53.7 Å². The number of nitrogens with zero attached hydrogens (tertiary/aromatic N) is 5.